The van der Waals surface area contributed by atoms with E-state index >= 15 is 0 Å². The molecule has 152 valence electrons. The second kappa shape index (κ2) is 10.1. The summed E-state index contributed by atoms with van der Waals surface area (Å²) in [6.45, 7) is 1.91. The number of ether oxygens (including phenoxy) is 2. The number of hydrogen-bond donors (Lipinski definition) is 1. The van der Waals surface area contributed by atoms with E-state index in [4.69, 9.17) is 14.7 Å². The van der Waals surface area contributed by atoms with E-state index in [0.717, 1.165) is 26.2 Å². The monoisotopic (exact) mass is 483 g/mol. The molecule has 8 heteroatoms. The van der Waals surface area contributed by atoms with Gasteiger partial charge in [0.2, 0.25) is 5.91 Å². The number of carbonyl (C=O) groups excluding carboxylic acids is 1. The number of nitrogens with one attached hydrogen (secondary N) is 1. The highest BCUT2D eigenvalue weighted by Crippen LogP contribution is 2.31. The van der Waals surface area contributed by atoms with E-state index in [1.165, 1.54) is 24.5 Å². The van der Waals surface area contributed by atoms with Gasteiger partial charge >= 0.3 is 0 Å². The molecule has 0 aliphatic heterocycles. The van der Waals surface area contributed by atoms with Crippen LogP contribution in [-0.4, -0.2) is 24.6 Å². The minimum absolute atomic E-state index is 0.0660. The molecule has 0 bridgehead atoms. The predicted molar refractivity (Wildman–Crippen MR) is 122 cm³/mol. The molecule has 0 spiro atoms. The Labute approximate surface area is 186 Å². The lowest BCUT2D eigenvalue weighted by atomic mass is 10.1. The van der Waals surface area contributed by atoms with E-state index in [9.17, 15) is 4.79 Å². The Morgan fingerprint density at radius 1 is 1.27 bits per heavy atom. The molecule has 0 saturated heterocycles. The van der Waals surface area contributed by atoms with Gasteiger partial charge in [-0.05, 0) is 42.8 Å². The van der Waals surface area contributed by atoms with Gasteiger partial charge < -0.3 is 9.47 Å². The average Bonchev–Trinajstić information content (AvgIpc) is 3.11. The number of nitrogens with zero attached hydrogens (tertiary/aromatic N) is 2. The number of rotatable bonds is 7. The van der Waals surface area contributed by atoms with Crippen molar-refractivity contribution >= 4 is 44.4 Å². The van der Waals surface area contributed by atoms with Crippen LogP contribution in [0.1, 0.15) is 10.4 Å². The van der Waals surface area contributed by atoms with Crippen LogP contribution in [0.5, 0.6) is 11.5 Å². The Morgan fingerprint density at radius 3 is 2.73 bits per heavy atom. The van der Waals surface area contributed by atoms with Crippen molar-refractivity contribution in [1.29, 1.82) is 5.26 Å². The summed E-state index contributed by atoms with van der Waals surface area (Å²) < 4.78 is 11.6. The van der Waals surface area contributed by atoms with Crippen molar-refractivity contribution in [3.05, 3.63) is 63.5 Å². The normalized spacial score (nSPS) is 10.6. The maximum atomic E-state index is 12.3. The SMILES string of the molecule is COc1cc(/C=C/C(=O)Nc2nc(-c3ccc(Br)cc3)c(C)s2)ccc1OCC#N. The molecule has 3 aromatic rings. The summed E-state index contributed by atoms with van der Waals surface area (Å²) in [5.41, 5.74) is 2.61. The van der Waals surface area contributed by atoms with Crippen molar-refractivity contribution in [2.24, 2.45) is 0 Å². The first-order valence-corrected chi connectivity index (χ1v) is 10.5. The number of methoxy groups -OCH3 is 1. The van der Waals surface area contributed by atoms with Crippen molar-refractivity contribution in [3.8, 4) is 28.8 Å². The standard InChI is InChI=1S/C22H18BrN3O3S/c1-14-21(16-5-7-17(23)8-6-16)26-22(30-14)25-20(27)10-4-15-3-9-18(29-12-11-24)19(13-15)28-2/h3-10,13H,12H2,1-2H3,(H,25,26,27)/b10-4+. The van der Waals surface area contributed by atoms with Gasteiger partial charge in [0.25, 0.3) is 0 Å². The number of thiazole rings is 1. The fourth-order valence-corrected chi connectivity index (χ4v) is 3.76. The van der Waals surface area contributed by atoms with Crippen LogP contribution in [-0.2, 0) is 4.79 Å². The Hall–Kier alpha value is -3.15. The number of anilines is 1. The summed E-state index contributed by atoms with van der Waals surface area (Å²) in [6.07, 6.45) is 3.10. The molecule has 2 aromatic carbocycles. The van der Waals surface area contributed by atoms with Crippen molar-refractivity contribution in [2.45, 2.75) is 6.92 Å². The molecule has 0 aliphatic carbocycles. The van der Waals surface area contributed by atoms with Crippen molar-refractivity contribution in [1.82, 2.24) is 4.98 Å². The van der Waals surface area contributed by atoms with Crippen LogP contribution in [0.4, 0.5) is 5.13 Å². The molecule has 30 heavy (non-hydrogen) atoms. The number of aromatic nitrogens is 1. The zero-order chi connectivity index (χ0) is 21.5. The molecule has 1 N–H and O–H groups in total. The maximum Gasteiger partial charge on any atom is 0.250 e. The molecule has 6 nitrogen and oxygen atoms in total. The number of nitriles is 1. The molecule has 1 amide bonds. The fourth-order valence-electron chi connectivity index (χ4n) is 2.66. The summed E-state index contributed by atoms with van der Waals surface area (Å²) in [5.74, 6) is 0.678. The van der Waals surface area contributed by atoms with E-state index in [-0.39, 0.29) is 12.5 Å². The van der Waals surface area contributed by atoms with Crippen LogP contribution >= 0.6 is 27.3 Å². The Bertz CT molecular complexity index is 1120. The van der Waals surface area contributed by atoms with E-state index in [1.54, 1.807) is 24.3 Å². The zero-order valence-corrected chi connectivity index (χ0v) is 18.7. The highest BCUT2D eigenvalue weighted by molar-refractivity contribution is 9.10. The van der Waals surface area contributed by atoms with E-state index in [2.05, 4.69) is 26.2 Å². The molecule has 0 radical (unpaired) electrons. The molecule has 0 unspecified atom stereocenters. The van der Waals surface area contributed by atoms with Gasteiger partial charge in [0.1, 0.15) is 6.07 Å². The highest BCUT2D eigenvalue weighted by Gasteiger charge is 2.11. The zero-order valence-electron chi connectivity index (χ0n) is 16.3. The van der Waals surface area contributed by atoms with Crippen LogP contribution in [0.15, 0.2) is 53.0 Å². The van der Waals surface area contributed by atoms with Crippen LogP contribution in [0.3, 0.4) is 0 Å². The first-order chi connectivity index (χ1) is 14.5. The number of halogens is 1. The molecular formula is C22H18BrN3O3S. The van der Waals surface area contributed by atoms with Gasteiger partial charge in [-0.3, -0.25) is 10.1 Å². The van der Waals surface area contributed by atoms with Gasteiger partial charge in [-0.25, -0.2) is 4.98 Å². The van der Waals surface area contributed by atoms with Crippen LogP contribution in [0.25, 0.3) is 17.3 Å². The maximum absolute atomic E-state index is 12.3. The van der Waals surface area contributed by atoms with Crippen molar-refractivity contribution in [3.63, 3.8) is 0 Å². The number of carbonyl (C=O) groups is 1. The fraction of sp³-hybridized carbons (Fsp3) is 0.136. The Balaban J connectivity index is 1.68. The minimum atomic E-state index is -0.283. The summed E-state index contributed by atoms with van der Waals surface area (Å²) in [6, 6.07) is 15.0. The quantitative estimate of drug-likeness (QED) is 0.452. The molecule has 0 atom stereocenters. The van der Waals surface area contributed by atoms with Gasteiger partial charge in [-0.2, -0.15) is 5.26 Å². The number of benzene rings is 2. The first-order valence-electron chi connectivity index (χ1n) is 8.90. The van der Waals surface area contributed by atoms with Crippen molar-refractivity contribution in [2.75, 3.05) is 19.0 Å². The largest absolute Gasteiger partial charge is 0.493 e. The van der Waals surface area contributed by atoms with E-state index < -0.39 is 0 Å². The van der Waals surface area contributed by atoms with Gasteiger partial charge in [0, 0.05) is 21.0 Å². The second-order valence-corrected chi connectivity index (χ2v) is 8.23. The summed E-state index contributed by atoms with van der Waals surface area (Å²) in [7, 11) is 1.52. The molecule has 0 fully saturated rings. The average molecular weight is 484 g/mol. The minimum Gasteiger partial charge on any atom is -0.493 e. The lowest BCUT2D eigenvalue weighted by Gasteiger charge is -2.08. The summed E-state index contributed by atoms with van der Waals surface area (Å²) in [4.78, 5) is 17.9. The van der Waals surface area contributed by atoms with Gasteiger partial charge in [0.05, 0.1) is 12.8 Å². The first kappa shape index (κ1) is 21.6. The molecule has 0 aliphatic rings. The molecule has 1 heterocycles. The smallest absolute Gasteiger partial charge is 0.250 e. The third kappa shape index (κ3) is 5.47. The van der Waals surface area contributed by atoms with Crippen LogP contribution in [0, 0.1) is 18.3 Å². The molecular weight excluding hydrogens is 466 g/mol. The topological polar surface area (TPSA) is 84.2 Å². The number of hydrogen-bond acceptors (Lipinski definition) is 6. The van der Waals surface area contributed by atoms with Gasteiger partial charge in [-0.15, -0.1) is 11.3 Å². The number of aryl methyl sites for hydroxylation is 1. The van der Waals surface area contributed by atoms with Gasteiger partial charge in [-0.1, -0.05) is 34.1 Å². The summed E-state index contributed by atoms with van der Waals surface area (Å²) >= 11 is 4.85. The Kier molecular flexibility index (Phi) is 7.22. The Morgan fingerprint density at radius 2 is 2.03 bits per heavy atom. The van der Waals surface area contributed by atoms with Crippen LogP contribution in [0.2, 0.25) is 0 Å². The lowest BCUT2D eigenvalue weighted by Crippen LogP contribution is -2.07. The molecule has 3 rings (SSSR count). The highest BCUT2D eigenvalue weighted by atomic mass is 79.9. The third-order valence-electron chi connectivity index (χ3n) is 4.05. The van der Waals surface area contributed by atoms with Crippen LogP contribution < -0.4 is 14.8 Å². The number of amides is 1. The van der Waals surface area contributed by atoms with Gasteiger partial charge in [0.15, 0.2) is 23.2 Å². The van der Waals surface area contributed by atoms with E-state index in [1.807, 2.05) is 37.3 Å². The lowest BCUT2D eigenvalue weighted by molar-refractivity contribution is -0.111. The summed E-state index contributed by atoms with van der Waals surface area (Å²) in [5, 5.41) is 12.0. The van der Waals surface area contributed by atoms with E-state index in [0.29, 0.717) is 16.6 Å². The second-order valence-electron chi connectivity index (χ2n) is 6.11. The third-order valence-corrected chi connectivity index (χ3v) is 5.47. The van der Waals surface area contributed by atoms with Crippen molar-refractivity contribution < 1.29 is 14.3 Å². The molecule has 0 saturated carbocycles. The predicted octanol–water partition coefficient (Wildman–Crippen LogP) is 5.44. The molecule has 1 aromatic heterocycles.